The maximum atomic E-state index is 15.1. The molecule has 1 aromatic heterocycles. The van der Waals surface area contributed by atoms with E-state index in [2.05, 4.69) is 5.32 Å². The van der Waals surface area contributed by atoms with Crippen LogP contribution in [0.15, 0.2) is 47.4 Å². The summed E-state index contributed by atoms with van der Waals surface area (Å²) in [6, 6.07) is 7.06. The maximum Gasteiger partial charge on any atom is 0.349 e. The van der Waals surface area contributed by atoms with Crippen LogP contribution in [0.2, 0.25) is 0 Å². The van der Waals surface area contributed by atoms with Gasteiger partial charge in [0.05, 0.1) is 11.2 Å². The van der Waals surface area contributed by atoms with Crippen LogP contribution in [0.25, 0.3) is 10.9 Å². The van der Waals surface area contributed by atoms with Gasteiger partial charge in [-0.05, 0) is 42.7 Å². The van der Waals surface area contributed by atoms with Gasteiger partial charge in [-0.3, -0.25) is 13.9 Å². The van der Waals surface area contributed by atoms with E-state index in [1.807, 2.05) is 4.90 Å². The molecule has 1 aliphatic heterocycles. The first-order valence-electron chi connectivity index (χ1n) is 12.1. The molecule has 5 N–H and O–H groups in total. The highest BCUT2D eigenvalue weighted by Crippen LogP contribution is 2.69. The monoisotopic (exact) mass is 581 g/mol. The minimum absolute atomic E-state index is 0.0363. The normalized spacial score (nSPS) is 16.6. The van der Waals surface area contributed by atoms with Gasteiger partial charge in [-0.2, -0.15) is 0 Å². The lowest BCUT2D eigenvalue weighted by Crippen LogP contribution is -2.43. The van der Waals surface area contributed by atoms with E-state index in [-0.39, 0.29) is 28.3 Å². The average Bonchev–Trinajstić information content (AvgIpc) is 3.70. The van der Waals surface area contributed by atoms with E-state index in [1.165, 1.54) is 6.20 Å². The van der Waals surface area contributed by atoms with Crippen molar-refractivity contribution in [2.45, 2.75) is 24.3 Å². The molecule has 0 bridgehead atoms. The highest BCUT2D eigenvalue weighted by atomic mass is 31.2. The van der Waals surface area contributed by atoms with Gasteiger partial charge >= 0.3 is 21.2 Å². The Morgan fingerprint density at radius 1 is 1.03 bits per heavy atom. The molecule has 0 amide bonds. The Balaban J connectivity index is 1.48. The molecule has 2 fully saturated rings. The third kappa shape index (κ3) is 5.71. The molecular formula is C24H26FN3O9P2. The molecule has 208 valence electrons. The molecule has 1 aliphatic carbocycles. The first-order chi connectivity index (χ1) is 18.3. The molecule has 12 nitrogen and oxygen atoms in total. The second-order valence-corrected chi connectivity index (χ2v) is 13.4. The number of rotatable bonds is 7. The van der Waals surface area contributed by atoms with Crippen LogP contribution < -0.4 is 20.4 Å². The van der Waals surface area contributed by atoms with Crippen LogP contribution in [-0.4, -0.2) is 56.3 Å². The average molecular weight is 581 g/mol. The Labute approximate surface area is 221 Å². The number of aromatic nitrogens is 1. The predicted octanol–water partition coefficient (Wildman–Crippen LogP) is 2.46. The van der Waals surface area contributed by atoms with Crippen LogP contribution in [-0.2, 0) is 9.13 Å². The molecule has 2 aliphatic rings. The highest BCUT2D eigenvalue weighted by Gasteiger charge is 2.44. The second-order valence-electron chi connectivity index (χ2n) is 9.58. The van der Waals surface area contributed by atoms with E-state index in [0.717, 1.165) is 43.2 Å². The van der Waals surface area contributed by atoms with Crippen molar-refractivity contribution < 1.29 is 42.6 Å². The molecule has 5 rings (SSSR count). The smallest absolute Gasteiger partial charge is 0.349 e. The van der Waals surface area contributed by atoms with Crippen molar-refractivity contribution in [3.63, 3.8) is 0 Å². The summed E-state index contributed by atoms with van der Waals surface area (Å²) in [7, 11) is -10.4. The number of esters is 1. The van der Waals surface area contributed by atoms with E-state index < -0.39 is 37.8 Å². The molecule has 2 aromatic carbocycles. The lowest BCUT2D eigenvalue weighted by Gasteiger charge is -2.30. The number of halogens is 1. The molecule has 3 aromatic rings. The first kappa shape index (κ1) is 27.7. The van der Waals surface area contributed by atoms with E-state index >= 15 is 4.39 Å². The largest absolute Gasteiger partial charge is 0.423 e. The number of carbonyl (C=O) groups is 1. The van der Waals surface area contributed by atoms with Crippen LogP contribution in [0.1, 0.15) is 40.2 Å². The number of nitrogens with one attached hydrogen (secondary N) is 1. The summed E-state index contributed by atoms with van der Waals surface area (Å²) >= 11 is 0. The minimum atomic E-state index is -5.22. The van der Waals surface area contributed by atoms with Crippen molar-refractivity contribution in [3.05, 3.63) is 69.8 Å². The van der Waals surface area contributed by atoms with Crippen molar-refractivity contribution in [1.29, 1.82) is 0 Å². The predicted molar refractivity (Wildman–Crippen MR) is 140 cm³/mol. The number of benzene rings is 2. The van der Waals surface area contributed by atoms with Gasteiger partial charge in [0.25, 0.3) is 0 Å². The van der Waals surface area contributed by atoms with Crippen molar-refractivity contribution in [2.75, 3.05) is 31.1 Å². The van der Waals surface area contributed by atoms with E-state index in [1.54, 1.807) is 10.6 Å². The summed E-state index contributed by atoms with van der Waals surface area (Å²) in [5.41, 5.74) is -0.487. The summed E-state index contributed by atoms with van der Waals surface area (Å²) in [6.45, 7) is 2.64. The van der Waals surface area contributed by atoms with E-state index in [0.29, 0.717) is 37.4 Å². The van der Waals surface area contributed by atoms with Gasteiger partial charge in [-0.25, -0.2) is 9.18 Å². The number of pyridine rings is 1. The number of hydrogen-bond acceptors (Lipinski definition) is 7. The number of fused-ring (bicyclic) bond motifs is 1. The van der Waals surface area contributed by atoms with Crippen molar-refractivity contribution in [1.82, 2.24) is 9.88 Å². The van der Waals surface area contributed by atoms with Crippen LogP contribution in [0.3, 0.4) is 0 Å². The maximum absolute atomic E-state index is 15.1. The Morgan fingerprint density at radius 2 is 1.64 bits per heavy atom. The standard InChI is InChI=1S/C24H26FN3O9P2/c25-19-11-17-20(12-21(19)27-9-7-26-8-10-27)28(15-3-4-15)13-18(22(17)29)23(30)37-16-5-1-14(2-6-16)24(38(31,32)33)39(34,35)36/h1-2,5-6,11-13,15,24,26H,3-4,7-10H2,(H2,31,32,33)(H2,34,35,36). The fraction of sp³-hybridized carbons (Fsp3) is 0.333. The zero-order valence-electron chi connectivity index (χ0n) is 20.4. The van der Waals surface area contributed by atoms with Gasteiger partial charge < -0.3 is 39.1 Å². The first-order valence-corrected chi connectivity index (χ1v) is 15.5. The van der Waals surface area contributed by atoms with E-state index in [4.69, 9.17) is 4.74 Å². The molecule has 39 heavy (non-hydrogen) atoms. The molecule has 0 spiro atoms. The van der Waals surface area contributed by atoms with Gasteiger partial charge in [-0.1, -0.05) is 12.1 Å². The third-order valence-electron chi connectivity index (χ3n) is 6.74. The Kier molecular flexibility index (Phi) is 7.28. The summed E-state index contributed by atoms with van der Waals surface area (Å²) in [4.78, 5) is 65.8. The molecule has 1 saturated heterocycles. The van der Waals surface area contributed by atoms with Gasteiger partial charge in [0, 0.05) is 43.8 Å². The lowest BCUT2D eigenvalue weighted by atomic mass is 10.1. The number of hydrogen-bond donors (Lipinski definition) is 5. The number of nitrogens with zero attached hydrogens (tertiary/aromatic N) is 2. The molecular weight excluding hydrogens is 555 g/mol. The minimum Gasteiger partial charge on any atom is -0.423 e. The van der Waals surface area contributed by atoms with Crippen LogP contribution in [0.4, 0.5) is 10.1 Å². The highest BCUT2D eigenvalue weighted by molar-refractivity contribution is 7.70. The molecule has 15 heteroatoms. The van der Waals surface area contributed by atoms with Crippen LogP contribution in [0, 0.1) is 5.82 Å². The van der Waals surface area contributed by atoms with Crippen molar-refractivity contribution >= 4 is 37.8 Å². The molecule has 0 radical (unpaired) electrons. The zero-order valence-corrected chi connectivity index (χ0v) is 22.2. The summed E-state index contributed by atoms with van der Waals surface area (Å²) in [5, 5.41) is 0.874. The summed E-state index contributed by atoms with van der Waals surface area (Å²) in [5.74, 6) is -1.73. The molecule has 0 unspecified atom stereocenters. The van der Waals surface area contributed by atoms with Crippen molar-refractivity contribution in [2.24, 2.45) is 0 Å². The van der Waals surface area contributed by atoms with E-state index in [9.17, 15) is 38.3 Å². The lowest BCUT2D eigenvalue weighted by molar-refractivity contribution is 0.0732. The molecule has 1 saturated carbocycles. The SMILES string of the molecule is O=C(Oc1ccc(C(P(=O)(O)O)P(=O)(O)O)cc1)c1cn(C2CC2)c2cc(N3CCNCC3)c(F)cc2c1=O. The van der Waals surface area contributed by atoms with Gasteiger partial charge in [0.1, 0.15) is 17.1 Å². The Hall–Kier alpha value is -2.89. The van der Waals surface area contributed by atoms with Crippen LogP contribution >= 0.6 is 15.2 Å². The number of ether oxygens (including phenoxy) is 1. The molecule has 2 heterocycles. The number of piperazine rings is 1. The zero-order chi connectivity index (χ0) is 28.1. The van der Waals surface area contributed by atoms with Gasteiger partial charge in [0.2, 0.25) is 5.43 Å². The topological polar surface area (TPSA) is 179 Å². The van der Waals surface area contributed by atoms with Crippen molar-refractivity contribution in [3.8, 4) is 5.75 Å². The summed E-state index contributed by atoms with van der Waals surface area (Å²) in [6.07, 6.45) is 3.05. The number of anilines is 1. The Bertz CT molecular complexity index is 1570. The van der Waals surface area contributed by atoms with Gasteiger partial charge in [0.15, 0.2) is 5.40 Å². The quantitative estimate of drug-likeness (QED) is 0.157. The van der Waals surface area contributed by atoms with Gasteiger partial charge in [-0.15, -0.1) is 0 Å². The fourth-order valence-electron chi connectivity index (χ4n) is 4.76. The van der Waals surface area contributed by atoms with Crippen LogP contribution in [0.5, 0.6) is 5.75 Å². The third-order valence-corrected chi connectivity index (χ3v) is 10.4. The Morgan fingerprint density at radius 3 is 2.21 bits per heavy atom. The second kappa shape index (κ2) is 10.3. The fourth-order valence-corrected chi connectivity index (χ4v) is 7.45. The number of carbonyl (C=O) groups excluding carboxylic acids is 1. The molecule has 0 atom stereocenters. The summed E-state index contributed by atoms with van der Waals surface area (Å²) < 4.78 is 45.5.